The summed E-state index contributed by atoms with van der Waals surface area (Å²) in [5, 5.41) is 1.86. The molecule has 0 aromatic carbocycles. The minimum absolute atomic E-state index is 0.0424. The Hall–Kier alpha value is -2.25. The highest BCUT2D eigenvalue weighted by Gasteiger charge is 2.20. The Balaban J connectivity index is 1.58. The van der Waals surface area contributed by atoms with Crippen molar-refractivity contribution in [3.63, 3.8) is 0 Å². The normalized spacial score (nSPS) is 16.6. The average Bonchev–Trinajstić information content (AvgIpc) is 3.05. The zero-order chi connectivity index (χ0) is 16.9. The first-order valence-corrected chi connectivity index (χ1v) is 8.82. The second-order valence-corrected chi connectivity index (χ2v) is 6.50. The number of thiazole rings is 1. The van der Waals surface area contributed by atoms with Crippen LogP contribution in [0.1, 0.15) is 12.6 Å². The largest absolute Gasteiger partial charge is 0.337 e. The number of nitrogens with zero attached hydrogens (tertiary/aromatic N) is 4. The van der Waals surface area contributed by atoms with Crippen molar-refractivity contribution in [1.29, 1.82) is 0 Å². The molecule has 0 atom stereocenters. The van der Waals surface area contributed by atoms with Gasteiger partial charge < -0.3 is 4.90 Å². The Kier molecular flexibility index (Phi) is 5.22. The molecule has 0 spiro atoms. The molecule has 1 aliphatic rings. The summed E-state index contributed by atoms with van der Waals surface area (Å²) in [6.07, 6.45) is 8.84. The predicted octanol–water partition coefficient (Wildman–Crippen LogP) is 1.53. The first-order chi connectivity index (χ1) is 11.7. The predicted molar refractivity (Wildman–Crippen MR) is 95.2 cm³/mol. The Bertz CT molecular complexity index is 828. The minimum atomic E-state index is -0.0424. The van der Waals surface area contributed by atoms with Gasteiger partial charge in [-0.1, -0.05) is 18.2 Å². The van der Waals surface area contributed by atoms with Crippen LogP contribution in [0.3, 0.4) is 0 Å². The Morgan fingerprint density at radius 1 is 1.29 bits per heavy atom. The highest BCUT2D eigenvalue weighted by atomic mass is 32.1. The van der Waals surface area contributed by atoms with Gasteiger partial charge in [0.2, 0.25) is 5.91 Å². The van der Waals surface area contributed by atoms with Gasteiger partial charge in [0.1, 0.15) is 0 Å². The number of carbonyl (C=O) groups is 1. The van der Waals surface area contributed by atoms with E-state index in [1.54, 1.807) is 28.8 Å². The zero-order valence-corrected chi connectivity index (χ0v) is 14.4. The van der Waals surface area contributed by atoms with Crippen LogP contribution in [-0.4, -0.2) is 51.3 Å². The number of hydrogen-bond acceptors (Lipinski definition) is 5. The third kappa shape index (κ3) is 3.80. The van der Waals surface area contributed by atoms with Gasteiger partial charge in [-0.25, -0.2) is 4.98 Å². The van der Waals surface area contributed by atoms with Crippen molar-refractivity contribution in [2.45, 2.75) is 13.5 Å². The molecule has 0 unspecified atom stereocenters. The smallest absolute Gasteiger partial charge is 0.258 e. The van der Waals surface area contributed by atoms with Crippen molar-refractivity contribution in [1.82, 2.24) is 19.2 Å². The maximum Gasteiger partial charge on any atom is 0.258 e. The van der Waals surface area contributed by atoms with Crippen molar-refractivity contribution in [3.05, 3.63) is 58.0 Å². The molecule has 2 aromatic rings. The number of allylic oxidation sites excluding steroid dienone is 3. The van der Waals surface area contributed by atoms with Crippen molar-refractivity contribution >= 4 is 22.2 Å². The van der Waals surface area contributed by atoms with E-state index in [0.29, 0.717) is 19.6 Å². The third-order valence-electron chi connectivity index (χ3n) is 3.97. The van der Waals surface area contributed by atoms with Crippen molar-refractivity contribution in [3.8, 4) is 0 Å². The average molecular weight is 344 g/mol. The lowest BCUT2D eigenvalue weighted by Gasteiger charge is -2.33. The molecule has 6 nitrogen and oxygen atoms in total. The van der Waals surface area contributed by atoms with Gasteiger partial charge in [0.05, 0.1) is 5.69 Å². The molecule has 1 saturated heterocycles. The molecule has 0 aliphatic carbocycles. The van der Waals surface area contributed by atoms with Crippen molar-refractivity contribution < 1.29 is 4.79 Å². The van der Waals surface area contributed by atoms with Gasteiger partial charge in [0.25, 0.3) is 5.56 Å². The Morgan fingerprint density at radius 3 is 2.83 bits per heavy atom. The highest BCUT2D eigenvalue weighted by molar-refractivity contribution is 7.15. The van der Waals surface area contributed by atoms with E-state index in [0.717, 1.165) is 23.7 Å². The molecular weight excluding hydrogens is 324 g/mol. The Morgan fingerprint density at radius 2 is 2.08 bits per heavy atom. The highest BCUT2D eigenvalue weighted by Crippen LogP contribution is 2.10. The number of piperazine rings is 1. The maximum atomic E-state index is 12.0. The lowest BCUT2D eigenvalue weighted by Crippen LogP contribution is -2.48. The maximum absolute atomic E-state index is 12.0. The molecule has 126 valence electrons. The van der Waals surface area contributed by atoms with Crippen LogP contribution in [0.4, 0.5) is 0 Å². The van der Waals surface area contributed by atoms with E-state index in [2.05, 4.69) is 9.88 Å². The number of carbonyl (C=O) groups excluding carboxylic acids is 1. The molecule has 2 aromatic heterocycles. The lowest BCUT2D eigenvalue weighted by atomic mass is 10.2. The summed E-state index contributed by atoms with van der Waals surface area (Å²) in [6.45, 7) is 5.52. The van der Waals surface area contributed by atoms with Gasteiger partial charge >= 0.3 is 0 Å². The van der Waals surface area contributed by atoms with Crippen molar-refractivity contribution in [2.75, 3.05) is 26.2 Å². The molecule has 0 N–H and O–H groups in total. The molecule has 1 amide bonds. The first kappa shape index (κ1) is 16.6. The molecule has 3 heterocycles. The summed E-state index contributed by atoms with van der Waals surface area (Å²) in [6, 6.07) is 1.59. The second-order valence-electron chi connectivity index (χ2n) is 5.63. The van der Waals surface area contributed by atoms with Crippen LogP contribution in [0, 0.1) is 0 Å². The van der Waals surface area contributed by atoms with E-state index < -0.39 is 0 Å². The lowest BCUT2D eigenvalue weighted by molar-refractivity contribution is -0.127. The van der Waals surface area contributed by atoms with E-state index in [4.69, 9.17) is 0 Å². The van der Waals surface area contributed by atoms with E-state index >= 15 is 0 Å². The summed E-state index contributed by atoms with van der Waals surface area (Å²) >= 11 is 1.46. The van der Waals surface area contributed by atoms with E-state index in [1.807, 2.05) is 29.4 Å². The summed E-state index contributed by atoms with van der Waals surface area (Å²) in [5.41, 5.74) is 0.745. The number of hydrogen-bond donors (Lipinski definition) is 0. The molecule has 0 saturated carbocycles. The standard InChI is InChI=1S/C17H20N4O2S/c1-2-3-4-5-15(22)20-8-6-19(7-9-20)13-14-12-16(23)21-10-11-24-17(21)18-14/h2-5,10-12H,6-9,13H2,1H3/b3-2+,5-4+. The molecular formula is C17H20N4O2S. The van der Waals surface area contributed by atoms with E-state index in [1.165, 1.54) is 11.3 Å². The quantitative estimate of drug-likeness (QED) is 0.623. The summed E-state index contributed by atoms with van der Waals surface area (Å²) < 4.78 is 1.56. The number of rotatable bonds is 4. The monoisotopic (exact) mass is 344 g/mol. The number of aromatic nitrogens is 2. The third-order valence-corrected chi connectivity index (χ3v) is 4.72. The summed E-state index contributed by atoms with van der Waals surface area (Å²) in [4.78, 5) is 33.4. The fourth-order valence-corrected chi connectivity index (χ4v) is 3.42. The summed E-state index contributed by atoms with van der Waals surface area (Å²) in [5.74, 6) is 0.0455. The van der Waals surface area contributed by atoms with Gasteiger partial charge in [0, 0.05) is 56.4 Å². The molecule has 24 heavy (non-hydrogen) atoms. The van der Waals surface area contributed by atoms with Gasteiger partial charge in [-0.15, -0.1) is 11.3 Å². The fourth-order valence-electron chi connectivity index (χ4n) is 2.68. The SMILES string of the molecule is C/C=C/C=C/C(=O)N1CCN(Cc2cc(=O)n3ccsc3n2)CC1. The molecule has 7 heteroatoms. The first-order valence-electron chi connectivity index (χ1n) is 7.94. The van der Waals surface area contributed by atoms with Crippen LogP contribution >= 0.6 is 11.3 Å². The van der Waals surface area contributed by atoms with E-state index in [9.17, 15) is 9.59 Å². The Labute approximate surface area is 144 Å². The van der Waals surface area contributed by atoms with Gasteiger partial charge in [-0.05, 0) is 6.92 Å². The van der Waals surface area contributed by atoms with Crippen LogP contribution in [0.2, 0.25) is 0 Å². The van der Waals surface area contributed by atoms with Crippen LogP contribution in [0.15, 0.2) is 46.7 Å². The molecule has 1 aliphatic heterocycles. The molecule has 1 fully saturated rings. The molecule has 0 bridgehead atoms. The fraction of sp³-hybridized carbons (Fsp3) is 0.353. The van der Waals surface area contributed by atoms with Crippen LogP contribution < -0.4 is 5.56 Å². The van der Waals surface area contributed by atoms with Gasteiger partial charge in [-0.2, -0.15) is 0 Å². The van der Waals surface area contributed by atoms with Crippen molar-refractivity contribution in [2.24, 2.45) is 0 Å². The number of fused-ring (bicyclic) bond motifs is 1. The second kappa shape index (κ2) is 7.55. The van der Waals surface area contributed by atoms with Crippen LogP contribution in [0.5, 0.6) is 0 Å². The summed E-state index contributed by atoms with van der Waals surface area (Å²) in [7, 11) is 0. The zero-order valence-electron chi connectivity index (χ0n) is 13.6. The molecule has 3 rings (SSSR count). The van der Waals surface area contributed by atoms with Crippen LogP contribution in [-0.2, 0) is 11.3 Å². The molecule has 0 radical (unpaired) electrons. The van der Waals surface area contributed by atoms with Gasteiger partial charge in [-0.3, -0.25) is 18.9 Å². The van der Waals surface area contributed by atoms with Gasteiger partial charge in [0.15, 0.2) is 4.96 Å². The van der Waals surface area contributed by atoms with Crippen LogP contribution in [0.25, 0.3) is 4.96 Å². The number of amides is 1. The minimum Gasteiger partial charge on any atom is -0.337 e. The topological polar surface area (TPSA) is 57.9 Å². The van der Waals surface area contributed by atoms with E-state index in [-0.39, 0.29) is 11.5 Å².